The zero-order chi connectivity index (χ0) is 18.9. The quantitative estimate of drug-likeness (QED) is 0.731. The molecule has 0 radical (unpaired) electrons. The summed E-state index contributed by atoms with van der Waals surface area (Å²) in [7, 11) is 0. The zero-order valence-corrected chi connectivity index (χ0v) is 17.0. The fourth-order valence-electron chi connectivity index (χ4n) is 5.93. The Labute approximate surface area is 156 Å². The third kappa shape index (κ3) is 2.76. The standard InChI is InChI=1S/C23H31NO2/c1-14-7-15(2)20-17(11-26-21(20)16(14)3)8-19(25)24-13-23(6)10-18(24)9-22(4,5)12-23/h7,11,18H,8-10,12-13H2,1-6H3. The highest BCUT2D eigenvalue weighted by Gasteiger charge is 2.50. The Morgan fingerprint density at radius 1 is 1.19 bits per heavy atom. The number of hydrogen-bond donors (Lipinski definition) is 0. The normalized spacial score (nSPS) is 27.3. The molecule has 2 unspecified atom stereocenters. The first kappa shape index (κ1) is 17.6. The van der Waals surface area contributed by atoms with E-state index >= 15 is 0 Å². The van der Waals surface area contributed by atoms with E-state index in [0.717, 1.165) is 35.9 Å². The molecule has 140 valence electrons. The summed E-state index contributed by atoms with van der Waals surface area (Å²) in [4.78, 5) is 15.4. The van der Waals surface area contributed by atoms with Crippen molar-refractivity contribution in [1.29, 1.82) is 0 Å². The van der Waals surface area contributed by atoms with Crippen LogP contribution in [0.15, 0.2) is 16.7 Å². The largest absolute Gasteiger partial charge is 0.464 e. The van der Waals surface area contributed by atoms with Gasteiger partial charge in [-0.05, 0) is 67.6 Å². The molecule has 1 aromatic heterocycles. The molecule has 1 saturated heterocycles. The van der Waals surface area contributed by atoms with Crippen LogP contribution in [0.4, 0.5) is 0 Å². The van der Waals surface area contributed by atoms with E-state index in [9.17, 15) is 4.79 Å². The van der Waals surface area contributed by atoms with Gasteiger partial charge in [0.15, 0.2) is 0 Å². The van der Waals surface area contributed by atoms with Gasteiger partial charge in [0.05, 0.1) is 12.7 Å². The molecule has 2 aromatic rings. The maximum absolute atomic E-state index is 13.2. The lowest BCUT2D eigenvalue weighted by molar-refractivity contribution is -0.131. The van der Waals surface area contributed by atoms with Crippen molar-refractivity contribution < 1.29 is 9.21 Å². The van der Waals surface area contributed by atoms with Crippen molar-refractivity contribution in [3.05, 3.63) is 34.6 Å². The number of benzene rings is 1. The van der Waals surface area contributed by atoms with Crippen molar-refractivity contribution in [3.8, 4) is 0 Å². The molecule has 3 nitrogen and oxygen atoms in total. The van der Waals surface area contributed by atoms with Gasteiger partial charge in [-0.1, -0.05) is 26.8 Å². The predicted molar refractivity (Wildman–Crippen MR) is 105 cm³/mol. The number of hydrogen-bond acceptors (Lipinski definition) is 2. The topological polar surface area (TPSA) is 33.5 Å². The van der Waals surface area contributed by atoms with Crippen molar-refractivity contribution in [2.75, 3.05) is 6.54 Å². The van der Waals surface area contributed by atoms with E-state index in [4.69, 9.17) is 4.42 Å². The number of fused-ring (bicyclic) bond motifs is 3. The first-order valence-corrected chi connectivity index (χ1v) is 9.85. The lowest BCUT2D eigenvalue weighted by Gasteiger charge is -2.39. The molecule has 1 aromatic carbocycles. The molecular formula is C23H31NO2. The minimum absolute atomic E-state index is 0.261. The number of aryl methyl sites for hydroxylation is 3. The van der Waals surface area contributed by atoms with Crippen LogP contribution < -0.4 is 0 Å². The van der Waals surface area contributed by atoms with Crippen molar-refractivity contribution in [3.63, 3.8) is 0 Å². The van der Waals surface area contributed by atoms with Gasteiger partial charge in [0.25, 0.3) is 0 Å². The Morgan fingerprint density at radius 2 is 1.92 bits per heavy atom. The number of nitrogens with zero attached hydrogens (tertiary/aromatic N) is 1. The molecule has 1 saturated carbocycles. The number of carbonyl (C=O) groups is 1. The summed E-state index contributed by atoms with van der Waals surface area (Å²) in [6, 6.07) is 2.60. The van der Waals surface area contributed by atoms with E-state index in [1.807, 2.05) is 0 Å². The summed E-state index contributed by atoms with van der Waals surface area (Å²) >= 11 is 0. The Balaban J connectivity index is 1.62. The summed E-state index contributed by atoms with van der Waals surface area (Å²) in [6.45, 7) is 14.3. The summed E-state index contributed by atoms with van der Waals surface area (Å²) in [5, 5.41) is 1.13. The fourth-order valence-corrected chi connectivity index (χ4v) is 5.93. The average molecular weight is 354 g/mol. The molecule has 2 fully saturated rings. The molecule has 2 heterocycles. The number of amides is 1. The van der Waals surface area contributed by atoms with Gasteiger partial charge in [-0.3, -0.25) is 4.79 Å². The van der Waals surface area contributed by atoms with Crippen molar-refractivity contribution in [2.24, 2.45) is 10.8 Å². The highest BCUT2D eigenvalue weighted by molar-refractivity contribution is 5.92. The second-order valence-corrected chi connectivity index (χ2v) is 10.0. The Bertz CT molecular complexity index is 891. The number of rotatable bonds is 2. The molecule has 1 aliphatic heterocycles. The second kappa shape index (κ2) is 5.61. The minimum atomic E-state index is 0.261. The van der Waals surface area contributed by atoms with Gasteiger partial charge < -0.3 is 9.32 Å². The Kier molecular flexibility index (Phi) is 3.81. The van der Waals surface area contributed by atoms with E-state index in [1.165, 1.54) is 23.1 Å². The molecular weight excluding hydrogens is 322 g/mol. The summed E-state index contributed by atoms with van der Waals surface area (Å²) in [6.07, 6.45) is 5.75. The van der Waals surface area contributed by atoms with Crippen LogP contribution in [0.25, 0.3) is 11.0 Å². The summed E-state index contributed by atoms with van der Waals surface area (Å²) in [5.74, 6) is 0.261. The molecule has 0 N–H and O–H groups in total. The van der Waals surface area contributed by atoms with Crippen LogP contribution in [-0.2, 0) is 11.2 Å². The van der Waals surface area contributed by atoms with Crippen LogP contribution in [0.5, 0.6) is 0 Å². The first-order chi connectivity index (χ1) is 12.1. The lowest BCUT2D eigenvalue weighted by atomic mass is 9.65. The monoisotopic (exact) mass is 353 g/mol. The van der Waals surface area contributed by atoms with Gasteiger partial charge in [-0.2, -0.15) is 0 Å². The van der Waals surface area contributed by atoms with Crippen molar-refractivity contribution in [2.45, 2.75) is 73.3 Å². The summed E-state index contributed by atoms with van der Waals surface area (Å²) in [5.41, 5.74) is 6.22. The lowest BCUT2D eigenvalue weighted by Crippen LogP contribution is -2.38. The number of carbonyl (C=O) groups excluding carboxylic acids is 1. The van der Waals surface area contributed by atoms with Gasteiger partial charge in [0.2, 0.25) is 5.91 Å². The van der Waals surface area contributed by atoms with Gasteiger partial charge in [-0.25, -0.2) is 0 Å². The van der Waals surface area contributed by atoms with Gasteiger partial charge in [-0.15, -0.1) is 0 Å². The Morgan fingerprint density at radius 3 is 2.65 bits per heavy atom. The van der Waals surface area contributed by atoms with Crippen LogP contribution >= 0.6 is 0 Å². The smallest absolute Gasteiger partial charge is 0.227 e. The Hall–Kier alpha value is -1.77. The summed E-state index contributed by atoms with van der Waals surface area (Å²) < 4.78 is 5.87. The predicted octanol–water partition coefficient (Wildman–Crippen LogP) is 5.33. The molecule has 1 amide bonds. The second-order valence-electron chi connectivity index (χ2n) is 10.0. The molecule has 2 aliphatic rings. The SMILES string of the molecule is Cc1cc(C)c2c(CC(=O)N3CC4(C)CC3CC(C)(C)C4)coc2c1C. The van der Waals surface area contributed by atoms with Crippen molar-refractivity contribution in [1.82, 2.24) is 4.90 Å². The molecule has 4 rings (SSSR count). The molecule has 2 bridgehead atoms. The first-order valence-electron chi connectivity index (χ1n) is 9.85. The van der Waals surface area contributed by atoms with Gasteiger partial charge >= 0.3 is 0 Å². The molecule has 1 aliphatic carbocycles. The van der Waals surface area contributed by atoms with E-state index in [0.29, 0.717) is 17.9 Å². The maximum atomic E-state index is 13.2. The number of furan rings is 1. The van der Waals surface area contributed by atoms with E-state index in [1.54, 1.807) is 6.26 Å². The number of likely N-dealkylation sites (tertiary alicyclic amines) is 1. The van der Waals surface area contributed by atoms with Crippen LogP contribution in [0.1, 0.15) is 62.3 Å². The van der Waals surface area contributed by atoms with Crippen LogP contribution in [0.3, 0.4) is 0 Å². The van der Waals surface area contributed by atoms with E-state index in [-0.39, 0.29) is 11.3 Å². The van der Waals surface area contributed by atoms with E-state index < -0.39 is 0 Å². The highest BCUT2D eigenvalue weighted by Crippen LogP contribution is 2.52. The van der Waals surface area contributed by atoms with Crippen LogP contribution in [-0.4, -0.2) is 23.4 Å². The third-order valence-corrected chi connectivity index (χ3v) is 6.70. The zero-order valence-electron chi connectivity index (χ0n) is 17.0. The van der Waals surface area contributed by atoms with E-state index in [2.05, 4.69) is 52.5 Å². The van der Waals surface area contributed by atoms with Gasteiger partial charge in [0, 0.05) is 23.5 Å². The van der Waals surface area contributed by atoms with Crippen LogP contribution in [0, 0.1) is 31.6 Å². The molecule has 3 heteroatoms. The third-order valence-electron chi connectivity index (χ3n) is 6.70. The molecule has 2 atom stereocenters. The minimum Gasteiger partial charge on any atom is -0.464 e. The van der Waals surface area contributed by atoms with Crippen LogP contribution in [0.2, 0.25) is 0 Å². The highest BCUT2D eigenvalue weighted by atomic mass is 16.3. The molecule has 0 spiro atoms. The maximum Gasteiger partial charge on any atom is 0.227 e. The fraction of sp³-hybridized carbons (Fsp3) is 0.609. The van der Waals surface area contributed by atoms with Gasteiger partial charge in [0.1, 0.15) is 5.58 Å². The van der Waals surface area contributed by atoms with Crippen molar-refractivity contribution >= 4 is 16.9 Å². The average Bonchev–Trinajstić information content (AvgIpc) is 3.03. The molecule has 26 heavy (non-hydrogen) atoms.